The van der Waals surface area contributed by atoms with Gasteiger partial charge in [-0.25, -0.2) is 4.79 Å². The van der Waals surface area contributed by atoms with Gasteiger partial charge in [0.05, 0.1) is 5.54 Å². The highest BCUT2D eigenvalue weighted by molar-refractivity contribution is 5.78. The molecule has 0 spiro atoms. The van der Waals surface area contributed by atoms with Crippen LogP contribution in [-0.4, -0.2) is 29.7 Å². The SMILES string of the molecule is CC(C)C(=O)NCC(C)(C)NC(=O)OC(C)(C)C. The van der Waals surface area contributed by atoms with E-state index in [4.69, 9.17) is 4.74 Å². The quantitative estimate of drug-likeness (QED) is 0.811. The molecule has 0 aliphatic rings. The zero-order valence-corrected chi connectivity index (χ0v) is 12.5. The van der Waals surface area contributed by atoms with E-state index in [-0.39, 0.29) is 11.8 Å². The maximum absolute atomic E-state index is 11.6. The third-order valence-electron chi connectivity index (χ3n) is 2.07. The molecule has 0 aromatic rings. The molecule has 106 valence electrons. The molecule has 0 rings (SSSR count). The van der Waals surface area contributed by atoms with Gasteiger partial charge in [0.2, 0.25) is 5.91 Å². The van der Waals surface area contributed by atoms with E-state index in [1.165, 1.54) is 0 Å². The number of alkyl carbamates (subject to hydrolysis) is 1. The largest absolute Gasteiger partial charge is 0.444 e. The van der Waals surface area contributed by atoms with Crippen molar-refractivity contribution >= 4 is 12.0 Å². The maximum Gasteiger partial charge on any atom is 0.408 e. The second-order valence-corrected chi connectivity index (χ2v) is 6.38. The van der Waals surface area contributed by atoms with Crippen molar-refractivity contribution in [3.63, 3.8) is 0 Å². The van der Waals surface area contributed by atoms with Gasteiger partial charge in [0, 0.05) is 12.5 Å². The molecule has 0 bridgehead atoms. The number of carbonyl (C=O) groups is 2. The van der Waals surface area contributed by atoms with E-state index < -0.39 is 17.2 Å². The lowest BCUT2D eigenvalue weighted by molar-refractivity contribution is -0.124. The Balaban J connectivity index is 4.23. The van der Waals surface area contributed by atoms with E-state index >= 15 is 0 Å². The van der Waals surface area contributed by atoms with Gasteiger partial charge in [0.25, 0.3) is 0 Å². The van der Waals surface area contributed by atoms with Crippen LogP contribution in [0.4, 0.5) is 4.79 Å². The highest BCUT2D eigenvalue weighted by Crippen LogP contribution is 2.09. The van der Waals surface area contributed by atoms with Gasteiger partial charge >= 0.3 is 6.09 Å². The predicted octanol–water partition coefficient (Wildman–Crippen LogP) is 2.06. The molecule has 0 aliphatic carbocycles. The van der Waals surface area contributed by atoms with Crippen molar-refractivity contribution in [2.24, 2.45) is 5.92 Å². The van der Waals surface area contributed by atoms with Gasteiger partial charge in [-0.3, -0.25) is 4.79 Å². The summed E-state index contributed by atoms with van der Waals surface area (Å²) in [4.78, 5) is 23.1. The molecule has 0 atom stereocenters. The van der Waals surface area contributed by atoms with Crippen molar-refractivity contribution in [3.05, 3.63) is 0 Å². The van der Waals surface area contributed by atoms with Crippen LogP contribution in [0, 0.1) is 5.92 Å². The normalized spacial score (nSPS) is 12.2. The summed E-state index contributed by atoms with van der Waals surface area (Å²) in [6.45, 7) is 13.1. The summed E-state index contributed by atoms with van der Waals surface area (Å²) < 4.78 is 5.17. The number of carbonyl (C=O) groups excluding carboxylic acids is 2. The first-order valence-electron chi connectivity index (χ1n) is 6.22. The first kappa shape index (κ1) is 16.7. The van der Waals surface area contributed by atoms with Crippen molar-refractivity contribution in [1.29, 1.82) is 0 Å². The fraction of sp³-hybridized carbons (Fsp3) is 0.846. The minimum absolute atomic E-state index is 0.0333. The molecule has 0 unspecified atom stereocenters. The molecule has 2 N–H and O–H groups in total. The first-order chi connectivity index (χ1) is 7.93. The second-order valence-electron chi connectivity index (χ2n) is 6.38. The minimum atomic E-state index is -0.549. The fourth-order valence-corrected chi connectivity index (χ4v) is 1.14. The van der Waals surface area contributed by atoms with Crippen molar-refractivity contribution in [3.8, 4) is 0 Å². The molecule has 0 aromatic heterocycles. The summed E-state index contributed by atoms with van der Waals surface area (Å²) in [7, 11) is 0. The number of rotatable bonds is 4. The number of hydrogen-bond acceptors (Lipinski definition) is 3. The minimum Gasteiger partial charge on any atom is -0.444 e. The fourth-order valence-electron chi connectivity index (χ4n) is 1.14. The Kier molecular flexibility index (Phi) is 5.64. The van der Waals surface area contributed by atoms with Crippen LogP contribution in [0.25, 0.3) is 0 Å². The Bertz CT molecular complexity index is 304. The van der Waals surface area contributed by atoms with Crippen molar-refractivity contribution in [2.75, 3.05) is 6.54 Å². The van der Waals surface area contributed by atoms with Crippen LogP contribution < -0.4 is 10.6 Å². The maximum atomic E-state index is 11.6. The molecule has 2 amide bonds. The highest BCUT2D eigenvalue weighted by atomic mass is 16.6. The Morgan fingerprint density at radius 1 is 1.11 bits per heavy atom. The van der Waals surface area contributed by atoms with Crippen LogP contribution in [0.1, 0.15) is 48.5 Å². The Morgan fingerprint density at radius 3 is 2.00 bits per heavy atom. The van der Waals surface area contributed by atoms with E-state index in [1.54, 1.807) is 20.8 Å². The van der Waals surface area contributed by atoms with Gasteiger partial charge in [0.1, 0.15) is 5.60 Å². The summed E-state index contributed by atoms with van der Waals surface area (Å²) in [5, 5.41) is 5.51. The van der Waals surface area contributed by atoms with E-state index in [9.17, 15) is 9.59 Å². The Labute approximate surface area is 110 Å². The Morgan fingerprint density at radius 2 is 1.61 bits per heavy atom. The molecule has 0 aliphatic heterocycles. The number of amides is 2. The first-order valence-corrected chi connectivity index (χ1v) is 6.22. The second kappa shape index (κ2) is 6.07. The summed E-state index contributed by atoms with van der Waals surface area (Å²) in [5.74, 6) is -0.101. The lowest BCUT2D eigenvalue weighted by atomic mass is 10.1. The summed E-state index contributed by atoms with van der Waals surface area (Å²) in [6, 6.07) is 0. The third-order valence-corrected chi connectivity index (χ3v) is 2.07. The monoisotopic (exact) mass is 258 g/mol. The van der Waals surface area contributed by atoms with E-state index in [2.05, 4.69) is 10.6 Å². The standard InChI is InChI=1S/C13H26N2O3/c1-9(2)10(16)14-8-13(6,7)15-11(17)18-12(3,4)5/h9H,8H2,1-7H3,(H,14,16)(H,15,17). The van der Waals surface area contributed by atoms with Crippen LogP contribution in [0.5, 0.6) is 0 Å². The number of nitrogens with one attached hydrogen (secondary N) is 2. The van der Waals surface area contributed by atoms with Gasteiger partial charge in [-0.1, -0.05) is 13.8 Å². The smallest absolute Gasteiger partial charge is 0.408 e. The molecular formula is C13H26N2O3. The van der Waals surface area contributed by atoms with Crippen molar-refractivity contribution < 1.29 is 14.3 Å². The molecule has 0 fully saturated rings. The molecular weight excluding hydrogens is 232 g/mol. The van der Waals surface area contributed by atoms with Crippen molar-refractivity contribution in [1.82, 2.24) is 10.6 Å². The van der Waals surface area contributed by atoms with E-state index in [0.717, 1.165) is 0 Å². The predicted molar refractivity (Wildman–Crippen MR) is 71.3 cm³/mol. The summed E-state index contributed by atoms with van der Waals surface area (Å²) in [6.07, 6.45) is -0.480. The van der Waals surface area contributed by atoms with Gasteiger partial charge in [-0.15, -0.1) is 0 Å². The van der Waals surface area contributed by atoms with Crippen LogP contribution >= 0.6 is 0 Å². The molecule has 0 radical (unpaired) electrons. The summed E-state index contributed by atoms with van der Waals surface area (Å²) in [5.41, 5.74) is -1.08. The molecule has 0 aromatic carbocycles. The van der Waals surface area contributed by atoms with Crippen LogP contribution in [0.15, 0.2) is 0 Å². The topological polar surface area (TPSA) is 67.4 Å². The van der Waals surface area contributed by atoms with E-state index in [0.29, 0.717) is 6.54 Å². The zero-order chi connectivity index (χ0) is 14.6. The highest BCUT2D eigenvalue weighted by Gasteiger charge is 2.25. The van der Waals surface area contributed by atoms with Crippen LogP contribution in [0.2, 0.25) is 0 Å². The van der Waals surface area contributed by atoms with Gasteiger partial charge in [-0.05, 0) is 34.6 Å². The number of ether oxygens (including phenoxy) is 1. The molecule has 0 saturated heterocycles. The van der Waals surface area contributed by atoms with Crippen molar-refractivity contribution in [2.45, 2.75) is 59.6 Å². The van der Waals surface area contributed by atoms with Gasteiger partial charge < -0.3 is 15.4 Å². The van der Waals surface area contributed by atoms with Crippen LogP contribution in [-0.2, 0) is 9.53 Å². The average molecular weight is 258 g/mol. The zero-order valence-electron chi connectivity index (χ0n) is 12.5. The van der Waals surface area contributed by atoms with Crippen LogP contribution in [0.3, 0.4) is 0 Å². The molecule has 5 nitrogen and oxygen atoms in total. The van der Waals surface area contributed by atoms with Gasteiger partial charge in [0.15, 0.2) is 0 Å². The van der Waals surface area contributed by atoms with E-state index in [1.807, 2.05) is 27.7 Å². The average Bonchev–Trinajstić information content (AvgIpc) is 2.09. The Hall–Kier alpha value is -1.26. The molecule has 5 heteroatoms. The lowest BCUT2D eigenvalue weighted by Gasteiger charge is -2.29. The third kappa shape index (κ3) is 7.92. The number of hydrogen-bond donors (Lipinski definition) is 2. The lowest BCUT2D eigenvalue weighted by Crippen LogP contribution is -2.53. The molecule has 0 heterocycles. The summed E-state index contributed by atoms with van der Waals surface area (Å²) >= 11 is 0. The molecule has 0 saturated carbocycles. The van der Waals surface area contributed by atoms with Gasteiger partial charge in [-0.2, -0.15) is 0 Å². The molecule has 18 heavy (non-hydrogen) atoms.